The smallest absolute Gasteiger partial charge is 0.134 e. The van der Waals surface area contributed by atoms with Gasteiger partial charge < -0.3 is 14.9 Å². The van der Waals surface area contributed by atoms with Crippen molar-refractivity contribution in [3.63, 3.8) is 0 Å². The molecule has 0 amide bonds. The maximum atomic E-state index is 6.47. The van der Waals surface area contributed by atoms with Crippen LogP contribution in [0.2, 0.25) is 0 Å². The predicted octanol–water partition coefficient (Wildman–Crippen LogP) is 4.11. The maximum absolute atomic E-state index is 6.47. The van der Waals surface area contributed by atoms with E-state index in [0.717, 1.165) is 39.3 Å². The molecule has 4 heteroatoms. The Morgan fingerprint density at radius 1 is 1.35 bits per heavy atom. The summed E-state index contributed by atoms with van der Waals surface area (Å²) in [7, 11) is 1.67. The highest BCUT2D eigenvalue weighted by Gasteiger charge is 2.21. The van der Waals surface area contributed by atoms with E-state index in [1.165, 1.54) is 0 Å². The molecule has 3 nitrogen and oxygen atoms in total. The molecule has 20 heavy (non-hydrogen) atoms. The Balaban J connectivity index is 2.12. The number of thiophene rings is 1. The van der Waals surface area contributed by atoms with Gasteiger partial charge >= 0.3 is 0 Å². The molecular weight excluding hydrogens is 270 g/mol. The van der Waals surface area contributed by atoms with Gasteiger partial charge in [0.15, 0.2) is 0 Å². The molecule has 3 rings (SSSR count). The molecule has 0 aliphatic rings. The van der Waals surface area contributed by atoms with Gasteiger partial charge in [-0.2, -0.15) is 0 Å². The van der Waals surface area contributed by atoms with Crippen molar-refractivity contribution in [3.05, 3.63) is 51.9 Å². The van der Waals surface area contributed by atoms with Gasteiger partial charge in [0.05, 0.1) is 13.2 Å². The predicted molar refractivity (Wildman–Crippen MR) is 82.5 cm³/mol. The summed E-state index contributed by atoms with van der Waals surface area (Å²) in [6.07, 6.45) is 0.834. The molecule has 0 aliphatic carbocycles. The Labute approximate surface area is 122 Å². The van der Waals surface area contributed by atoms with E-state index in [-0.39, 0.29) is 6.04 Å². The number of ether oxygens (including phenoxy) is 1. The third kappa shape index (κ3) is 2.11. The van der Waals surface area contributed by atoms with Crippen LogP contribution in [0.5, 0.6) is 5.75 Å². The van der Waals surface area contributed by atoms with Gasteiger partial charge in [-0.1, -0.05) is 25.1 Å². The largest absolute Gasteiger partial charge is 0.496 e. The fraction of sp³-hybridized carbons (Fsp3) is 0.250. The summed E-state index contributed by atoms with van der Waals surface area (Å²) in [5.74, 6) is 1.82. The van der Waals surface area contributed by atoms with Crippen molar-refractivity contribution in [2.45, 2.75) is 19.4 Å². The average Bonchev–Trinajstić information content (AvgIpc) is 3.10. The van der Waals surface area contributed by atoms with Crippen LogP contribution in [0, 0.1) is 0 Å². The van der Waals surface area contributed by atoms with Crippen molar-refractivity contribution in [2.24, 2.45) is 5.73 Å². The number of para-hydroxylation sites is 1. The van der Waals surface area contributed by atoms with Crippen LogP contribution in [-0.4, -0.2) is 7.11 Å². The Bertz CT molecular complexity index is 729. The zero-order valence-corrected chi connectivity index (χ0v) is 12.4. The lowest BCUT2D eigenvalue weighted by atomic mass is 10.0. The van der Waals surface area contributed by atoms with Crippen molar-refractivity contribution in [1.29, 1.82) is 0 Å². The molecule has 2 N–H and O–H groups in total. The monoisotopic (exact) mass is 287 g/mol. The summed E-state index contributed by atoms with van der Waals surface area (Å²) in [6, 6.07) is 9.87. The van der Waals surface area contributed by atoms with Gasteiger partial charge in [-0.15, -0.1) is 11.3 Å². The van der Waals surface area contributed by atoms with Crippen molar-refractivity contribution >= 4 is 22.3 Å². The topological polar surface area (TPSA) is 48.4 Å². The third-order valence-corrected chi connectivity index (χ3v) is 4.47. The first kappa shape index (κ1) is 13.2. The first-order valence-electron chi connectivity index (χ1n) is 6.63. The minimum atomic E-state index is -0.178. The lowest BCUT2D eigenvalue weighted by molar-refractivity contribution is 0.416. The van der Waals surface area contributed by atoms with Crippen LogP contribution in [0.25, 0.3) is 11.0 Å². The third-order valence-electron chi connectivity index (χ3n) is 3.48. The second-order valence-corrected chi connectivity index (χ2v) is 5.60. The van der Waals surface area contributed by atoms with Gasteiger partial charge in [0.25, 0.3) is 0 Å². The SMILES string of the molecule is CCc1oc2ccccc2c1C(N)c1cc(OC)cs1. The van der Waals surface area contributed by atoms with Gasteiger partial charge in [-0.25, -0.2) is 0 Å². The van der Waals surface area contributed by atoms with Gasteiger partial charge in [0.2, 0.25) is 0 Å². The van der Waals surface area contributed by atoms with E-state index in [1.54, 1.807) is 18.4 Å². The Morgan fingerprint density at radius 3 is 2.85 bits per heavy atom. The van der Waals surface area contributed by atoms with Crippen molar-refractivity contribution < 1.29 is 9.15 Å². The molecule has 0 spiro atoms. The molecular formula is C16H17NO2S. The first-order valence-corrected chi connectivity index (χ1v) is 7.50. The average molecular weight is 287 g/mol. The molecule has 0 aliphatic heterocycles. The van der Waals surface area contributed by atoms with Gasteiger partial charge in [0, 0.05) is 27.6 Å². The molecule has 1 unspecified atom stereocenters. The van der Waals surface area contributed by atoms with Crippen LogP contribution < -0.4 is 10.5 Å². The highest BCUT2D eigenvalue weighted by molar-refractivity contribution is 7.10. The molecule has 0 bridgehead atoms. The van der Waals surface area contributed by atoms with Crippen molar-refractivity contribution in [2.75, 3.05) is 7.11 Å². The van der Waals surface area contributed by atoms with Gasteiger partial charge in [-0.3, -0.25) is 0 Å². The number of rotatable bonds is 4. The number of hydrogen-bond acceptors (Lipinski definition) is 4. The number of hydrogen-bond donors (Lipinski definition) is 1. The molecule has 0 saturated carbocycles. The van der Waals surface area contributed by atoms with Gasteiger partial charge in [-0.05, 0) is 12.1 Å². The fourth-order valence-electron chi connectivity index (χ4n) is 2.47. The molecule has 3 aromatic rings. The fourth-order valence-corrected chi connectivity index (χ4v) is 3.33. The van der Waals surface area contributed by atoms with Crippen LogP contribution in [0.4, 0.5) is 0 Å². The second-order valence-electron chi connectivity index (χ2n) is 4.66. The summed E-state index contributed by atoms with van der Waals surface area (Å²) in [4.78, 5) is 1.09. The summed E-state index contributed by atoms with van der Waals surface area (Å²) < 4.78 is 11.2. The summed E-state index contributed by atoms with van der Waals surface area (Å²) >= 11 is 1.62. The Morgan fingerprint density at radius 2 is 2.15 bits per heavy atom. The zero-order valence-electron chi connectivity index (χ0n) is 11.6. The van der Waals surface area contributed by atoms with E-state index in [0.29, 0.717) is 0 Å². The maximum Gasteiger partial charge on any atom is 0.134 e. The number of fused-ring (bicyclic) bond motifs is 1. The molecule has 0 saturated heterocycles. The normalized spacial score (nSPS) is 12.8. The summed E-state index contributed by atoms with van der Waals surface area (Å²) in [5.41, 5.74) is 8.46. The van der Waals surface area contributed by atoms with Crippen molar-refractivity contribution in [3.8, 4) is 5.75 Å². The molecule has 2 heterocycles. The van der Waals surface area contributed by atoms with Crippen molar-refractivity contribution in [1.82, 2.24) is 0 Å². The van der Waals surface area contributed by atoms with E-state index in [1.807, 2.05) is 29.6 Å². The first-order chi connectivity index (χ1) is 9.74. The zero-order chi connectivity index (χ0) is 14.1. The Hall–Kier alpha value is -1.78. The number of methoxy groups -OCH3 is 1. The number of nitrogens with two attached hydrogens (primary N) is 1. The van der Waals surface area contributed by atoms with Crippen LogP contribution in [0.15, 0.2) is 40.1 Å². The highest BCUT2D eigenvalue weighted by Crippen LogP contribution is 2.36. The molecule has 104 valence electrons. The standard InChI is InChI=1S/C16H17NO2S/c1-3-12-15(11-6-4-5-7-13(11)19-12)16(17)14-8-10(18-2)9-20-14/h4-9,16H,3,17H2,1-2H3. The minimum absolute atomic E-state index is 0.178. The second kappa shape index (κ2) is 5.31. The van der Waals surface area contributed by atoms with Crippen LogP contribution >= 0.6 is 11.3 Å². The van der Waals surface area contributed by atoms with Crippen LogP contribution in [0.1, 0.15) is 29.2 Å². The van der Waals surface area contributed by atoms with E-state index >= 15 is 0 Å². The quantitative estimate of drug-likeness (QED) is 0.785. The van der Waals surface area contributed by atoms with E-state index in [9.17, 15) is 0 Å². The van der Waals surface area contributed by atoms with Crippen LogP contribution in [-0.2, 0) is 6.42 Å². The number of benzene rings is 1. The molecule has 1 atom stereocenters. The Kier molecular flexibility index (Phi) is 3.51. The number of furan rings is 1. The number of aryl methyl sites for hydroxylation is 1. The molecule has 0 radical (unpaired) electrons. The molecule has 2 aromatic heterocycles. The highest BCUT2D eigenvalue weighted by atomic mass is 32.1. The summed E-state index contributed by atoms with van der Waals surface area (Å²) in [6.45, 7) is 2.09. The van der Waals surface area contributed by atoms with Crippen LogP contribution in [0.3, 0.4) is 0 Å². The minimum Gasteiger partial charge on any atom is -0.496 e. The van der Waals surface area contributed by atoms with E-state index < -0.39 is 0 Å². The lowest BCUT2D eigenvalue weighted by Crippen LogP contribution is -2.11. The molecule has 1 aromatic carbocycles. The van der Waals surface area contributed by atoms with E-state index in [4.69, 9.17) is 14.9 Å². The summed E-state index contributed by atoms with van der Waals surface area (Å²) in [5, 5.41) is 3.08. The lowest BCUT2D eigenvalue weighted by Gasteiger charge is -2.10. The van der Waals surface area contributed by atoms with Gasteiger partial charge in [0.1, 0.15) is 17.1 Å². The molecule has 0 fully saturated rings. The van der Waals surface area contributed by atoms with E-state index in [2.05, 4.69) is 13.0 Å².